The van der Waals surface area contributed by atoms with E-state index in [2.05, 4.69) is 15.9 Å². The van der Waals surface area contributed by atoms with Crippen molar-refractivity contribution in [3.63, 3.8) is 0 Å². The second-order valence-corrected chi connectivity index (χ2v) is 9.34. The Bertz CT molecular complexity index is 1060. The summed E-state index contributed by atoms with van der Waals surface area (Å²) in [5.74, 6) is -1.24. The van der Waals surface area contributed by atoms with E-state index in [9.17, 15) is 17.2 Å². The molecule has 1 unspecified atom stereocenters. The number of nitrogens with zero attached hydrogens (tertiary/aromatic N) is 3. The van der Waals surface area contributed by atoms with Gasteiger partial charge in [0.2, 0.25) is 10.0 Å². The largest absolute Gasteiger partial charge is 0.495 e. The van der Waals surface area contributed by atoms with Crippen molar-refractivity contribution in [2.45, 2.75) is 23.9 Å². The number of benzene rings is 2. The lowest BCUT2D eigenvalue weighted by molar-refractivity contribution is 0.308. The third-order valence-electron chi connectivity index (χ3n) is 4.76. The summed E-state index contributed by atoms with van der Waals surface area (Å²) in [7, 11) is -2.80. The van der Waals surface area contributed by atoms with Gasteiger partial charge >= 0.3 is 0 Å². The van der Waals surface area contributed by atoms with Crippen LogP contribution < -0.4 is 4.74 Å². The van der Waals surface area contributed by atoms with Crippen molar-refractivity contribution in [1.82, 2.24) is 9.21 Å². The number of likely N-dealkylation sites (tertiary alicyclic amines) is 1. The predicted molar refractivity (Wildman–Crippen MR) is 105 cm³/mol. The molecule has 0 bridgehead atoms. The van der Waals surface area contributed by atoms with Gasteiger partial charge in [-0.3, -0.25) is 0 Å². The molecule has 0 spiro atoms. The molecule has 0 aliphatic carbocycles. The van der Waals surface area contributed by atoms with E-state index in [1.807, 2.05) is 6.19 Å². The molecule has 1 aliphatic rings. The molecule has 1 heterocycles. The molecule has 154 valence electrons. The minimum Gasteiger partial charge on any atom is -0.495 e. The van der Waals surface area contributed by atoms with Crippen LogP contribution in [0.2, 0.25) is 0 Å². The molecule has 1 fully saturated rings. The first-order valence-corrected chi connectivity index (χ1v) is 10.9. The Morgan fingerprint density at radius 2 is 2.07 bits per heavy atom. The minimum absolute atomic E-state index is 0.0852. The molecule has 29 heavy (non-hydrogen) atoms. The Balaban J connectivity index is 2.08. The Labute approximate surface area is 176 Å². The highest BCUT2D eigenvalue weighted by atomic mass is 79.9. The number of nitriles is 1. The smallest absolute Gasteiger partial charge is 0.247 e. The fourth-order valence-corrected chi connectivity index (χ4v) is 5.61. The third kappa shape index (κ3) is 4.52. The van der Waals surface area contributed by atoms with Crippen molar-refractivity contribution in [2.75, 3.05) is 20.2 Å². The highest BCUT2D eigenvalue weighted by molar-refractivity contribution is 9.10. The maximum atomic E-state index is 14.3. The summed E-state index contributed by atoms with van der Waals surface area (Å²) in [6.07, 6.45) is 2.39. The van der Waals surface area contributed by atoms with E-state index in [0.29, 0.717) is 17.4 Å². The van der Waals surface area contributed by atoms with Gasteiger partial charge in [-0.05, 0) is 42.8 Å². The molecule has 2 aromatic carbocycles. The fraction of sp³-hybridized carbons (Fsp3) is 0.316. The van der Waals surface area contributed by atoms with Gasteiger partial charge < -0.3 is 9.64 Å². The minimum atomic E-state index is -4.16. The summed E-state index contributed by atoms with van der Waals surface area (Å²) >= 11 is 3.26. The SMILES string of the molecule is COc1ccc(Br)cc1S(=O)(=O)N(Cc1cc(F)ccc1F)C1CCN(C#N)C1. The van der Waals surface area contributed by atoms with E-state index < -0.39 is 27.7 Å². The van der Waals surface area contributed by atoms with Gasteiger partial charge in [0.1, 0.15) is 22.3 Å². The number of halogens is 3. The number of hydrogen-bond donors (Lipinski definition) is 0. The molecule has 2 aromatic rings. The third-order valence-corrected chi connectivity index (χ3v) is 7.17. The van der Waals surface area contributed by atoms with Crippen molar-refractivity contribution in [2.24, 2.45) is 0 Å². The zero-order valence-corrected chi connectivity index (χ0v) is 17.9. The van der Waals surface area contributed by atoms with Crippen molar-refractivity contribution in [3.8, 4) is 11.9 Å². The van der Waals surface area contributed by atoms with Crippen molar-refractivity contribution in [3.05, 3.63) is 58.1 Å². The maximum Gasteiger partial charge on any atom is 0.247 e. The number of methoxy groups -OCH3 is 1. The Hall–Kier alpha value is -2.22. The van der Waals surface area contributed by atoms with Crippen LogP contribution in [0.3, 0.4) is 0 Å². The molecular formula is C19H18BrF2N3O3S. The van der Waals surface area contributed by atoms with Gasteiger partial charge in [-0.2, -0.15) is 9.57 Å². The van der Waals surface area contributed by atoms with Gasteiger partial charge in [-0.1, -0.05) is 15.9 Å². The van der Waals surface area contributed by atoms with Crippen molar-refractivity contribution < 1.29 is 21.9 Å². The molecule has 0 radical (unpaired) electrons. The quantitative estimate of drug-likeness (QED) is 0.585. The monoisotopic (exact) mass is 485 g/mol. The normalized spacial score (nSPS) is 16.8. The molecule has 0 N–H and O–H groups in total. The summed E-state index contributed by atoms with van der Waals surface area (Å²) in [5, 5.41) is 9.15. The summed E-state index contributed by atoms with van der Waals surface area (Å²) in [6.45, 7) is 0.183. The number of hydrogen-bond acceptors (Lipinski definition) is 5. The molecular weight excluding hydrogens is 468 g/mol. The highest BCUT2D eigenvalue weighted by Crippen LogP contribution is 2.33. The maximum absolute atomic E-state index is 14.3. The van der Waals surface area contributed by atoms with E-state index >= 15 is 0 Å². The van der Waals surface area contributed by atoms with Crippen LogP contribution in [0.4, 0.5) is 8.78 Å². The first kappa shape index (κ1) is 21.5. The Morgan fingerprint density at radius 3 is 2.72 bits per heavy atom. The molecule has 1 saturated heterocycles. The Kier molecular flexibility index (Phi) is 6.41. The van der Waals surface area contributed by atoms with Crippen LogP contribution >= 0.6 is 15.9 Å². The van der Waals surface area contributed by atoms with E-state index in [1.165, 1.54) is 24.1 Å². The summed E-state index contributed by atoms with van der Waals surface area (Å²) in [5.41, 5.74) is -0.0852. The molecule has 0 amide bonds. The van der Waals surface area contributed by atoms with Gasteiger partial charge in [-0.15, -0.1) is 0 Å². The zero-order valence-electron chi connectivity index (χ0n) is 15.5. The van der Waals surface area contributed by atoms with Gasteiger partial charge in [0.25, 0.3) is 0 Å². The van der Waals surface area contributed by atoms with Crippen LogP contribution in [0.1, 0.15) is 12.0 Å². The first-order valence-electron chi connectivity index (χ1n) is 8.70. The van der Waals surface area contributed by atoms with E-state index in [1.54, 1.807) is 6.07 Å². The van der Waals surface area contributed by atoms with E-state index in [0.717, 1.165) is 22.5 Å². The molecule has 1 atom stereocenters. The lowest BCUT2D eigenvalue weighted by atomic mass is 10.2. The zero-order chi connectivity index (χ0) is 21.2. The lowest BCUT2D eigenvalue weighted by Gasteiger charge is -2.28. The second-order valence-electron chi connectivity index (χ2n) is 6.57. The number of rotatable bonds is 6. The molecule has 6 nitrogen and oxygen atoms in total. The standard InChI is InChI=1S/C19H18BrF2N3O3S/c1-28-18-5-2-14(20)9-19(18)29(26,27)25(16-6-7-24(11-16)12-23)10-13-8-15(21)3-4-17(13)22/h2-5,8-9,16H,6-7,10-11H2,1H3. The van der Waals surface area contributed by atoms with Crippen LogP contribution in [0.15, 0.2) is 45.8 Å². The fourth-order valence-electron chi connectivity index (χ4n) is 3.29. The number of sulfonamides is 1. The van der Waals surface area contributed by atoms with Crippen LogP contribution in [0.25, 0.3) is 0 Å². The summed E-state index contributed by atoms with van der Waals surface area (Å²) < 4.78 is 61.9. The molecule has 10 heteroatoms. The van der Waals surface area contributed by atoms with Gasteiger partial charge in [0.15, 0.2) is 6.19 Å². The molecule has 3 rings (SSSR count). The van der Waals surface area contributed by atoms with Gasteiger partial charge in [-0.25, -0.2) is 17.2 Å². The number of ether oxygens (including phenoxy) is 1. The van der Waals surface area contributed by atoms with Crippen LogP contribution in [-0.4, -0.2) is 43.9 Å². The predicted octanol–water partition coefficient (Wildman–Crippen LogP) is 3.48. The second kappa shape index (κ2) is 8.65. The lowest BCUT2D eigenvalue weighted by Crippen LogP contribution is -2.41. The van der Waals surface area contributed by atoms with E-state index in [-0.39, 0.29) is 29.3 Å². The van der Waals surface area contributed by atoms with E-state index in [4.69, 9.17) is 10.00 Å². The molecule has 0 aromatic heterocycles. The summed E-state index contributed by atoms with van der Waals surface area (Å²) in [4.78, 5) is 1.34. The Morgan fingerprint density at radius 1 is 1.31 bits per heavy atom. The highest BCUT2D eigenvalue weighted by Gasteiger charge is 2.38. The summed E-state index contributed by atoms with van der Waals surface area (Å²) in [6, 6.07) is 6.89. The average Bonchev–Trinajstić information content (AvgIpc) is 3.17. The van der Waals surface area contributed by atoms with Crippen molar-refractivity contribution in [1.29, 1.82) is 5.26 Å². The molecule has 0 saturated carbocycles. The average molecular weight is 486 g/mol. The van der Waals surface area contributed by atoms with Crippen molar-refractivity contribution >= 4 is 26.0 Å². The first-order chi connectivity index (χ1) is 13.8. The van der Waals surface area contributed by atoms with Crippen LogP contribution in [0, 0.1) is 23.1 Å². The van der Waals surface area contributed by atoms with Crippen LogP contribution in [-0.2, 0) is 16.6 Å². The molecule has 1 aliphatic heterocycles. The van der Waals surface area contributed by atoms with Gasteiger partial charge in [0.05, 0.1) is 7.11 Å². The van der Waals surface area contributed by atoms with Crippen LogP contribution in [0.5, 0.6) is 5.75 Å². The van der Waals surface area contributed by atoms with Gasteiger partial charge in [0, 0.05) is 35.7 Å². The topological polar surface area (TPSA) is 73.6 Å².